The quantitative estimate of drug-likeness (QED) is 0.0359. The molecule has 0 atom stereocenters. The number of hydrogen-bond donors (Lipinski definition) is 2. The van der Waals surface area contributed by atoms with Crippen molar-refractivity contribution in [1.82, 2.24) is 9.78 Å². The van der Waals surface area contributed by atoms with Gasteiger partial charge in [0.15, 0.2) is 19.3 Å². The van der Waals surface area contributed by atoms with E-state index in [9.17, 15) is 57.1 Å². The largest absolute Gasteiger partial charge is 1.00 e. The molecular weight excluding hydrogens is 1110 g/mol. The number of hydrogen-bond acceptors (Lipinski definition) is 21. The number of rotatable bonds is 18. The van der Waals surface area contributed by atoms with Crippen LogP contribution in [0.15, 0.2) is 96.5 Å². The maximum atomic E-state index is 11.8. The standard InChI is InChI=1S/C40H44Cl2N8O14S4.4Na/c1-22(2)49(23(3)4)25-8-9-35(36(12-25)45-21-64-27-15-30(67(57,58)59)18-31(16-27)68(60,61)62)46-47-39-32(19-43)38(40(5,6)7)48-50(39)37-33(41)10-24(11-34(37)42)44-20-63-26-13-28(65(51,52)53)17-29(14-26)66(54,55)56;;;;/h8-18,22-23,44-45H,20-21H2,1-7H3,(H,51,52,53)(H,54,55,56)(H,57,58,59)(H,60,61,62);;;;/q;4*+1/p-4. The van der Waals surface area contributed by atoms with Crippen LogP contribution in [-0.4, -0.2) is 87.2 Å². The predicted octanol–water partition coefficient (Wildman–Crippen LogP) is -5.08. The molecule has 0 unspecified atom stereocenters. The summed E-state index contributed by atoms with van der Waals surface area (Å²) in [5.41, 5.74) is 0.833. The summed E-state index contributed by atoms with van der Waals surface area (Å²) in [6.45, 7) is 12.3. The van der Waals surface area contributed by atoms with Crippen LogP contribution in [0.1, 0.15) is 59.7 Å². The van der Waals surface area contributed by atoms with Crippen LogP contribution in [0.25, 0.3) is 5.69 Å². The first-order chi connectivity index (χ1) is 31.3. The van der Waals surface area contributed by atoms with Gasteiger partial charge in [0.05, 0.1) is 41.0 Å². The Morgan fingerprint density at radius 1 is 0.681 bits per heavy atom. The fourth-order valence-electron chi connectivity index (χ4n) is 6.60. The molecule has 2 N–H and O–H groups in total. The minimum absolute atomic E-state index is 0. The third kappa shape index (κ3) is 17.7. The number of nitrogens with one attached hydrogen (secondary N) is 2. The summed E-state index contributed by atoms with van der Waals surface area (Å²) in [5, 5.41) is 29.8. The smallest absolute Gasteiger partial charge is 0.744 e. The summed E-state index contributed by atoms with van der Waals surface area (Å²) in [4.78, 5) is -1.98. The van der Waals surface area contributed by atoms with Crippen LogP contribution in [0.2, 0.25) is 10.0 Å². The Morgan fingerprint density at radius 3 is 1.47 bits per heavy atom. The molecule has 0 amide bonds. The molecule has 366 valence electrons. The zero-order valence-electron chi connectivity index (χ0n) is 40.7. The number of aromatic nitrogens is 2. The summed E-state index contributed by atoms with van der Waals surface area (Å²) in [6.07, 6.45) is 0. The SMILES string of the molecule is CC(C)N(c1ccc(N=Nc2c(C#N)c(C(C)(C)C)nn2-c2c(Cl)cc(NCOc3cc(S(=O)(=O)[O-])cc(S(=O)(=O)[O-])c3)cc2Cl)c(NCOc2cc(S(=O)(=O)[O-])cc(S(=O)(=O)[O-])c2)c1)C(C)C.[Na+].[Na+].[Na+].[Na+]. The molecule has 0 aliphatic heterocycles. The molecule has 5 rings (SSSR count). The predicted molar refractivity (Wildman–Crippen MR) is 243 cm³/mol. The topological polar surface area (TPSA) is 341 Å². The van der Waals surface area contributed by atoms with Gasteiger partial charge in [-0.1, -0.05) is 44.0 Å². The number of nitrogens with zero attached hydrogens (tertiary/aromatic N) is 6. The van der Waals surface area contributed by atoms with Gasteiger partial charge in [-0.05, 0) is 94.4 Å². The Bertz CT molecular complexity index is 3190. The molecule has 0 saturated carbocycles. The molecule has 22 nitrogen and oxygen atoms in total. The van der Waals surface area contributed by atoms with E-state index >= 15 is 0 Å². The van der Waals surface area contributed by atoms with Crippen LogP contribution in [0, 0.1) is 11.3 Å². The van der Waals surface area contributed by atoms with Crippen molar-refractivity contribution in [3.05, 3.63) is 88.0 Å². The van der Waals surface area contributed by atoms with Crippen molar-refractivity contribution in [2.24, 2.45) is 10.2 Å². The molecule has 0 aliphatic rings. The van der Waals surface area contributed by atoms with E-state index in [1.54, 1.807) is 39.0 Å². The van der Waals surface area contributed by atoms with Gasteiger partial charge in [-0.25, -0.2) is 38.4 Å². The fourth-order valence-corrected chi connectivity index (χ4v) is 9.52. The van der Waals surface area contributed by atoms with Gasteiger partial charge in [-0.3, -0.25) is 0 Å². The van der Waals surface area contributed by atoms with Gasteiger partial charge in [-0.15, -0.1) is 10.2 Å². The number of azo groups is 1. The minimum Gasteiger partial charge on any atom is -0.744 e. The van der Waals surface area contributed by atoms with Crippen LogP contribution in [0.4, 0.5) is 28.6 Å². The van der Waals surface area contributed by atoms with Gasteiger partial charge in [0.25, 0.3) is 0 Å². The Balaban J connectivity index is 0.00000648. The van der Waals surface area contributed by atoms with Crippen LogP contribution in [0.3, 0.4) is 0 Å². The average Bonchev–Trinajstić information content (AvgIpc) is 3.57. The molecule has 0 radical (unpaired) electrons. The molecular formula is C40H40Cl2N8Na4O14S4. The number of anilines is 3. The van der Waals surface area contributed by atoms with Crippen molar-refractivity contribution in [2.75, 3.05) is 29.0 Å². The van der Waals surface area contributed by atoms with E-state index in [2.05, 4.69) is 36.9 Å². The van der Waals surface area contributed by atoms with Gasteiger partial charge < -0.3 is 43.2 Å². The Kier molecular flexibility index (Phi) is 25.8. The summed E-state index contributed by atoms with van der Waals surface area (Å²) in [6, 6.07) is 13.8. The first-order valence-corrected chi connectivity index (χ1v) is 25.9. The number of ether oxygens (including phenoxy) is 2. The van der Waals surface area contributed by atoms with Crippen LogP contribution in [0.5, 0.6) is 11.5 Å². The van der Waals surface area contributed by atoms with E-state index in [0.717, 1.165) is 24.3 Å². The fraction of sp³-hybridized carbons (Fsp3) is 0.300. The molecule has 72 heavy (non-hydrogen) atoms. The number of benzene rings is 4. The first-order valence-electron chi connectivity index (χ1n) is 19.5. The van der Waals surface area contributed by atoms with Crippen molar-refractivity contribution < 1.29 is 180 Å². The minimum atomic E-state index is -5.21. The molecule has 32 heteroatoms. The third-order valence-electron chi connectivity index (χ3n) is 9.43. The molecule has 0 spiro atoms. The van der Waals surface area contributed by atoms with Gasteiger partial charge >= 0.3 is 118 Å². The zero-order valence-corrected chi connectivity index (χ0v) is 53.5. The molecule has 1 aromatic heterocycles. The van der Waals surface area contributed by atoms with E-state index in [0.29, 0.717) is 17.8 Å². The second kappa shape index (κ2) is 27.1. The van der Waals surface area contributed by atoms with E-state index < -0.39 is 90.4 Å². The van der Waals surface area contributed by atoms with Gasteiger partial charge in [0.1, 0.15) is 75.0 Å². The van der Waals surface area contributed by atoms with E-state index in [4.69, 9.17) is 32.7 Å². The average molecular weight is 1150 g/mol. The van der Waals surface area contributed by atoms with Crippen LogP contribution < -0.4 is 143 Å². The number of halogens is 2. The normalized spacial score (nSPS) is 12.0. The molecule has 1 heterocycles. The Labute approximate surface area is 516 Å². The molecule has 4 aromatic carbocycles. The third-order valence-corrected chi connectivity index (χ3v) is 13.3. The maximum Gasteiger partial charge on any atom is 1.00 e. The maximum absolute atomic E-state index is 11.8. The number of nitriles is 1. The summed E-state index contributed by atoms with van der Waals surface area (Å²) >= 11 is 13.6. The van der Waals surface area contributed by atoms with Crippen molar-refractivity contribution in [3.63, 3.8) is 0 Å². The van der Waals surface area contributed by atoms with Gasteiger partial charge in [0, 0.05) is 28.9 Å². The molecule has 5 aromatic rings. The van der Waals surface area contributed by atoms with Gasteiger partial charge in [0.2, 0.25) is 0 Å². The summed E-state index contributed by atoms with van der Waals surface area (Å²) in [7, 11) is -20.8. The molecule has 0 aliphatic carbocycles. The van der Waals surface area contributed by atoms with E-state index in [-0.39, 0.29) is 180 Å². The van der Waals surface area contributed by atoms with E-state index in [1.807, 2.05) is 27.7 Å². The van der Waals surface area contributed by atoms with Crippen molar-refractivity contribution in [3.8, 4) is 23.3 Å². The molecule has 0 fully saturated rings. The second-order valence-electron chi connectivity index (χ2n) is 16.1. The van der Waals surface area contributed by atoms with E-state index in [1.165, 1.54) is 16.8 Å². The monoisotopic (exact) mass is 1150 g/mol. The summed E-state index contributed by atoms with van der Waals surface area (Å²) in [5.74, 6) is -1.01. The van der Waals surface area contributed by atoms with Crippen molar-refractivity contribution in [2.45, 2.75) is 85.5 Å². The van der Waals surface area contributed by atoms with Gasteiger partial charge in [-0.2, -0.15) is 10.4 Å². The molecule has 0 bridgehead atoms. The van der Waals surface area contributed by atoms with Crippen LogP contribution in [-0.2, 0) is 45.9 Å². The van der Waals surface area contributed by atoms with Crippen molar-refractivity contribution in [1.29, 1.82) is 5.26 Å². The zero-order chi connectivity index (χ0) is 50.9. The molecule has 0 saturated heterocycles. The van der Waals surface area contributed by atoms with Crippen molar-refractivity contribution >= 4 is 92.2 Å². The summed E-state index contributed by atoms with van der Waals surface area (Å²) < 4.78 is 153. The first kappa shape index (κ1) is 68.4. The van der Waals surface area contributed by atoms with Crippen LogP contribution >= 0.6 is 23.2 Å². The Hall–Kier alpha value is -1.60. The second-order valence-corrected chi connectivity index (χ2v) is 22.5. The Morgan fingerprint density at radius 2 is 1.10 bits per heavy atom.